The summed E-state index contributed by atoms with van der Waals surface area (Å²) in [5, 5.41) is 3.06. The molecule has 0 bridgehead atoms. The van der Waals surface area contributed by atoms with Crippen LogP contribution in [0.3, 0.4) is 0 Å². The molecule has 0 aromatic rings. The fourth-order valence-corrected chi connectivity index (χ4v) is 2.83. The van der Waals surface area contributed by atoms with E-state index >= 15 is 0 Å². The Morgan fingerprint density at radius 2 is 2.00 bits per heavy atom. The molecule has 1 unspecified atom stereocenters. The largest absolute Gasteiger partial charge is 0.352 e. The van der Waals surface area contributed by atoms with Crippen LogP contribution < -0.4 is 11.1 Å². The van der Waals surface area contributed by atoms with E-state index in [-0.39, 0.29) is 5.91 Å². The molecule has 110 valence electrons. The van der Waals surface area contributed by atoms with Gasteiger partial charge >= 0.3 is 0 Å². The summed E-state index contributed by atoms with van der Waals surface area (Å²) in [5.41, 5.74) is 5.67. The number of nitrogens with zero attached hydrogens (tertiary/aromatic N) is 2. The van der Waals surface area contributed by atoms with E-state index < -0.39 is 0 Å². The second-order valence-electron chi connectivity index (χ2n) is 5.79. The summed E-state index contributed by atoms with van der Waals surface area (Å²) < 4.78 is 0. The third-order valence-corrected chi connectivity index (χ3v) is 4.20. The highest BCUT2D eigenvalue weighted by molar-refractivity contribution is 5.78. The number of hydrogen-bond donors (Lipinski definition) is 2. The average Bonchev–Trinajstić information content (AvgIpc) is 3.21. The van der Waals surface area contributed by atoms with Gasteiger partial charge < -0.3 is 11.1 Å². The van der Waals surface area contributed by atoms with Crippen molar-refractivity contribution in [3.63, 3.8) is 0 Å². The Kier molecular flexibility index (Phi) is 5.60. The summed E-state index contributed by atoms with van der Waals surface area (Å²) in [6, 6.07) is 1.09. The SMILES string of the molecule is CCC(CCN)N1CCN(CC(=O)NC2CC2)CC1. The summed E-state index contributed by atoms with van der Waals surface area (Å²) in [6.45, 7) is 7.69. The van der Waals surface area contributed by atoms with Crippen LogP contribution in [-0.2, 0) is 4.79 Å². The van der Waals surface area contributed by atoms with Crippen LogP contribution in [-0.4, -0.2) is 67.1 Å². The molecule has 0 aromatic heterocycles. The molecule has 3 N–H and O–H groups in total. The molecule has 1 aliphatic heterocycles. The lowest BCUT2D eigenvalue weighted by Crippen LogP contribution is -2.52. The van der Waals surface area contributed by atoms with Crippen LogP contribution in [0.5, 0.6) is 0 Å². The fraction of sp³-hybridized carbons (Fsp3) is 0.929. The van der Waals surface area contributed by atoms with Crippen molar-refractivity contribution >= 4 is 5.91 Å². The Bertz CT molecular complexity index is 285. The predicted octanol–water partition coefficient (Wildman–Crippen LogP) is 0.0100. The molecule has 1 heterocycles. The van der Waals surface area contributed by atoms with Gasteiger partial charge in [0, 0.05) is 38.3 Å². The van der Waals surface area contributed by atoms with E-state index in [1.807, 2.05) is 0 Å². The van der Waals surface area contributed by atoms with Gasteiger partial charge in [-0.1, -0.05) is 6.92 Å². The van der Waals surface area contributed by atoms with Gasteiger partial charge in [0.1, 0.15) is 0 Å². The molecule has 0 aromatic carbocycles. The molecule has 2 rings (SSSR count). The van der Waals surface area contributed by atoms with Crippen LogP contribution in [0.1, 0.15) is 32.6 Å². The molecule has 1 saturated carbocycles. The van der Waals surface area contributed by atoms with Crippen molar-refractivity contribution < 1.29 is 4.79 Å². The number of carbonyl (C=O) groups excluding carboxylic acids is 1. The van der Waals surface area contributed by atoms with E-state index in [0.29, 0.717) is 18.6 Å². The highest BCUT2D eigenvalue weighted by atomic mass is 16.2. The maximum absolute atomic E-state index is 11.8. The number of rotatable bonds is 7. The summed E-state index contributed by atoms with van der Waals surface area (Å²) in [4.78, 5) is 16.6. The number of nitrogens with one attached hydrogen (secondary N) is 1. The molecule has 1 saturated heterocycles. The monoisotopic (exact) mass is 268 g/mol. The van der Waals surface area contributed by atoms with Crippen molar-refractivity contribution in [1.82, 2.24) is 15.1 Å². The fourth-order valence-electron chi connectivity index (χ4n) is 2.83. The van der Waals surface area contributed by atoms with E-state index in [4.69, 9.17) is 5.73 Å². The lowest BCUT2D eigenvalue weighted by atomic mass is 10.1. The molecule has 0 spiro atoms. The Hall–Kier alpha value is -0.650. The quantitative estimate of drug-likeness (QED) is 0.683. The van der Waals surface area contributed by atoms with Crippen LogP contribution >= 0.6 is 0 Å². The Balaban J connectivity index is 1.67. The number of carbonyl (C=O) groups is 1. The smallest absolute Gasteiger partial charge is 0.234 e. The highest BCUT2D eigenvalue weighted by Crippen LogP contribution is 2.18. The van der Waals surface area contributed by atoms with E-state index in [9.17, 15) is 4.79 Å². The number of amides is 1. The zero-order chi connectivity index (χ0) is 13.7. The summed E-state index contributed by atoms with van der Waals surface area (Å²) in [7, 11) is 0. The Morgan fingerprint density at radius 1 is 1.32 bits per heavy atom. The lowest BCUT2D eigenvalue weighted by Gasteiger charge is -2.38. The molecule has 1 atom stereocenters. The molecule has 1 amide bonds. The van der Waals surface area contributed by atoms with E-state index in [0.717, 1.165) is 52.0 Å². The zero-order valence-electron chi connectivity index (χ0n) is 12.1. The van der Waals surface area contributed by atoms with Crippen molar-refractivity contribution in [3.8, 4) is 0 Å². The van der Waals surface area contributed by atoms with Crippen LogP contribution in [0.4, 0.5) is 0 Å². The lowest BCUT2D eigenvalue weighted by molar-refractivity contribution is -0.122. The first-order valence-electron chi connectivity index (χ1n) is 7.68. The first-order valence-corrected chi connectivity index (χ1v) is 7.68. The van der Waals surface area contributed by atoms with Crippen LogP contribution in [0.15, 0.2) is 0 Å². The normalized spacial score (nSPS) is 23.3. The topological polar surface area (TPSA) is 61.6 Å². The highest BCUT2D eigenvalue weighted by Gasteiger charge is 2.26. The van der Waals surface area contributed by atoms with Gasteiger partial charge in [-0.2, -0.15) is 0 Å². The average molecular weight is 268 g/mol. The van der Waals surface area contributed by atoms with Gasteiger partial charge in [0.05, 0.1) is 6.54 Å². The van der Waals surface area contributed by atoms with Crippen LogP contribution in [0, 0.1) is 0 Å². The van der Waals surface area contributed by atoms with Crippen molar-refractivity contribution in [3.05, 3.63) is 0 Å². The van der Waals surface area contributed by atoms with Crippen molar-refractivity contribution in [2.75, 3.05) is 39.3 Å². The minimum Gasteiger partial charge on any atom is -0.352 e. The first kappa shape index (κ1) is 14.8. The van der Waals surface area contributed by atoms with E-state index in [1.165, 1.54) is 6.42 Å². The number of piperazine rings is 1. The van der Waals surface area contributed by atoms with E-state index in [2.05, 4.69) is 22.0 Å². The molecule has 5 nitrogen and oxygen atoms in total. The molecule has 5 heteroatoms. The molecule has 2 fully saturated rings. The summed E-state index contributed by atoms with van der Waals surface area (Å²) in [5.74, 6) is 0.199. The van der Waals surface area contributed by atoms with Crippen molar-refractivity contribution in [2.45, 2.75) is 44.7 Å². The number of nitrogens with two attached hydrogens (primary N) is 1. The minimum atomic E-state index is 0.199. The van der Waals surface area contributed by atoms with Gasteiger partial charge in [0.2, 0.25) is 5.91 Å². The molecule has 1 aliphatic carbocycles. The van der Waals surface area contributed by atoms with Gasteiger partial charge in [-0.05, 0) is 32.2 Å². The minimum absolute atomic E-state index is 0.199. The maximum Gasteiger partial charge on any atom is 0.234 e. The second-order valence-corrected chi connectivity index (χ2v) is 5.79. The third-order valence-electron chi connectivity index (χ3n) is 4.20. The van der Waals surface area contributed by atoms with Crippen molar-refractivity contribution in [1.29, 1.82) is 0 Å². The first-order chi connectivity index (χ1) is 9.22. The molecule has 0 radical (unpaired) electrons. The van der Waals surface area contributed by atoms with Gasteiger partial charge in [-0.15, -0.1) is 0 Å². The zero-order valence-corrected chi connectivity index (χ0v) is 12.1. The summed E-state index contributed by atoms with van der Waals surface area (Å²) >= 11 is 0. The maximum atomic E-state index is 11.8. The molecular formula is C14H28N4O. The van der Waals surface area contributed by atoms with Gasteiger partial charge in [0.25, 0.3) is 0 Å². The van der Waals surface area contributed by atoms with Gasteiger partial charge in [-0.25, -0.2) is 0 Å². The van der Waals surface area contributed by atoms with Gasteiger partial charge in [0.15, 0.2) is 0 Å². The van der Waals surface area contributed by atoms with Crippen LogP contribution in [0.2, 0.25) is 0 Å². The number of hydrogen-bond acceptors (Lipinski definition) is 4. The Labute approximate surface area is 116 Å². The standard InChI is InChI=1S/C14H28N4O/c1-2-13(5-6-15)18-9-7-17(8-10-18)11-14(19)16-12-3-4-12/h12-13H,2-11,15H2,1H3,(H,16,19). The Morgan fingerprint density at radius 3 is 2.53 bits per heavy atom. The predicted molar refractivity (Wildman–Crippen MR) is 76.9 cm³/mol. The third kappa shape index (κ3) is 4.75. The molecule has 2 aliphatic rings. The van der Waals surface area contributed by atoms with Gasteiger partial charge in [-0.3, -0.25) is 14.6 Å². The van der Waals surface area contributed by atoms with E-state index in [1.54, 1.807) is 0 Å². The van der Waals surface area contributed by atoms with Crippen molar-refractivity contribution in [2.24, 2.45) is 5.73 Å². The second kappa shape index (κ2) is 7.22. The molecular weight excluding hydrogens is 240 g/mol. The molecule has 19 heavy (non-hydrogen) atoms. The van der Waals surface area contributed by atoms with Crippen LogP contribution in [0.25, 0.3) is 0 Å². The summed E-state index contributed by atoms with van der Waals surface area (Å²) in [6.07, 6.45) is 4.58.